The van der Waals surface area contributed by atoms with Crippen molar-refractivity contribution in [1.29, 1.82) is 0 Å². The van der Waals surface area contributed by atoms with Crippen molar-refractivity contribution >= 4 is 57.1 Å². The summed E-state index contributed by atoms with van der Waals surface area (Å²) in [5.74, 6) is 1.68. The number of carbonyl (C=O) groups is 2. The number of nitrogens with one attached hydrogen (secondary N) is 2. The molecule has 0 bridgehead atoms. The summed E-state index contributed by atoms with van der Waals surface area (Å²) in [5, 5.41) is 16.9. The van der Waals surface area contributed by atoms with Crippen LogP contribution in [-0.4, -0.2) is 113 Å². The standard InChI is InChI=1S/C35H38N10O4S2/c1-43-20-37-31(42-43)28-17-36-33(51-28)21-10-13-45(14-11-21)29(46)18-44-15-12-35(19-44,50-3)34(47)38-22-4-7-25-24(16-22)30(41-40-25)26-8-9-27(32(39-26)48-2)49-23-5-6-23/h4,7-10,16-17,20,23H,5-6,11-15,18-19H2,1-3H3,(H,38,47)(H,40,41)/t35-/m0/s1. The average molecular weight is 727 g/mol. The van der Waals surface area contributed by atoms with E-state index in [1.165, 1.54) is 11.8 Å². The zero-order chi connectivity index (χ0) is 35.1. The van der Waals surface area contributed by atoms with E-state index in [0.29, 0.717) is 67.1 Å². The molecule has 1 saturated heterocycles. The van der Waals surface area contributed by atoms with Crippen LogP contribution in [0.15, 0.2) is 48.9 Å². The molecule has 4 aromatic heterocycles. The maximum absolute atomic E-state index is 13.9. The molecule has 2 amide bonds. The van der Waals surface area contributed by atoms with E-state index in [1.807, 2.05) is 54.7 Å². The first kappa shape index (κ1) is 33.3. The van der Waals surface area contributed by atoms with Gasteiger partial charge in [0.15, 0.2) is 11.6 Å². The van der Waals surface area contributed by atoms with E-state index in [2.05, 4.69) is 46.5 Å². The summed E-state index contributed by atoms with van der Waals surface area (Å²) < 4.78 is 12.4. The molecule has 51 heavy (non-hydrogen) atoms. The molecule has 264 valence electrons. The van der Waals surface area contributed by atoms with E-state index < -0.39 is 4.75 Å². The second kappa shape index (κ2) is 13.7. The molecule has 1 aromatic carbocycles. The minimum Gasteiger partial charge on any atom is -0.485 e. The van der Waals surface area contributed by atoms with Crippen LogP contribution in [0.2, 0.25) is 0 Å². The Bertz CT molecular complexity index is 2140. The summed E-state index contributed by atoms with van der Waals surface area (Å²) in [4.78, 5) is 45.7. The maximum Gasteiger partial charge on any atom is 0.257 e. The Hall–Kier alpha value is -4.80. The molecule has 0 spiro atoms. The van der Waals surface area contributed by atoms with Gasteiger partial charge in [-0.3, -0.25) is 24.3 Å². The van der Waals surface area contributed by atoms with E-state index in [1.54, 1.807) is 29.5 Å². The number of aromatic nitrogens is 7. The van der Waals surface area contributed by atoms with E-state index >= 15 is 0 Å². The number of anilines is 1. The fourth-order valence-electron chi connectivity index (χ4n) is 6.49. The van der Waals surface area contributed by atoms with Crippen LogP contribution in [0.5, 0.6) is 11.6 Å². The van der Waals surface area contributed by atoms with Crippen molar-refractivity contribution in [3.8, 4) is 33.7 Å². The number of pyridine rings is 1. The van der Waals surface area contributed by atoms with Crippen molar-refractivity contribution in [2.45, 2.75) is 36.5 Å². The number of carbonyl (C=O) groups excluding carboxylic acids is 2. The first-order valence-electron chi connectivity index (χ1n) is 16.9. The average Bonchev–Trinajstić information content (AvgIpc) is 3.54. The number of aryl methyl sites for hydroxylation is 1. The molecule has 16 heteroatoms. The van der Waals surface area contributed by atoms with Crippen LogP contribution < -0.4 is 14.8 Å². The number of aromatic amines is 1. The Labute approximate surface area is 302 Å². The zero-order valence-corrected chi connectivity index (χ0v) is 30.2. The number of amides is 2. The lowest BCUT2D eigenvalue weighted by atomic mass is 10.1. The highest BCUT2D eigenvalue weighted by molar-refractivity contribution is 8.00. The number of fused-ring (bicyclic) bond motifs is 1. The zero-order valence-electron chi connectivity index (χ0n) is 28.6. The van der Waals surface area contributed by atoms with Gasteiger partial charge in [-0.1, -0.05) is 6.08 Å². The first-order valence-corrected chi connectivity index (χ1v) is 18.9. The Kier molecular flexibility index (Phi) is 8.98. The van der Waals surface area contributed by atoms with Gasteiger partial charge in [0.25, 0.3) is 5.88 Å². The molecule has 1 aliphatic carbocycles. The molecular formula is C35H38N10O4S2. The topological polar surface area (TPSA) is 156 Å². The van der Waals surface area contributed by atoms with Gasteiger partial charge in [-0.05, 0) is 67.8 Å². The number of methoxy groups -OCH3 is 1. The van der Waals surface area contributed by atoms with Gasteiger partial charge < -0.3 is 19.7 Å². The number of likely N-dealkylation sites (tertiary alicyclic amines) is 1. The Balaban J connectivity index is 0.895. The van der Waals surface area contributed by atoms with Crippen LogP contribution in [-0.2, 0) is 16.6 Å². The lowest BCUT2D eigenvalue weighted by Crippen LogP contribution is -2.45. The van der Waals surface area contributed by atoms with Crippen LogP contribution in [0, 0.1) is 0 Å². The van der Waals surface area contributed by atoms with Gasteiger partial charge in [-0.25, -0.2) is 15.0 Å². The molecule has 0 unspecified atom stereocenters. The Morgan fingerprint density at radius 2 is 2.06 bits per heavy atom. The van der Waals surface area contributed by atoms with Crippen molar-refractivity contribution in [2.75, 3.05) is 51.4 Å². The number of benzene rings is 1. The van der Waals surface area contributed by atoms with E-state index in [4.69, 9.17) is 9.47 Å². The molecule has 0 radical (unpaired) electrons. The smallest absolute Gasteiger partial charge is 0.257 e. The van der Waals surface area contributed by atoms with E-state index in [9.17, 15) is 9.59 Å². The lowest BCUT2D eigenvalue weighted by molar-refractivity contribution is -0.132. The lowest BCUT2D eigenvalue weighted by Gasteiger charge is -2.29. The van der Waals surface area contributed by atoms with Gasteiger partial charge in [-0.2, -0.15) is 10.2 Å². The molecule has 3 aliphatic rings. The second-order valence-corrected chi connectivity index (χ2v) is 15.3. The number of thioether (sulfide) groups is 1. The summed E-state index contributed by atoms with van der Waals surface area (Å²) in [6.07, 6.45) is 11.2. The highest BCUT2D eigenvalue weighted by atomic mass is 32.2. The minimum absolute atomic E-state index is 0.0652. The SMILES string of the molecule is COc1nc(-c2n[nH]c3ccc(NC(=O)[C@]4(SC)CCN(CC(=O)N5CC=C(c6ncc(-c7ncn(C)n7)s6)CC5)C4)cc23)ccc1OC1CC1. The number of ether oxygens (including phenoxy) is 2. The number of hydrogen-bond acceptors (Lipinski definition) is 12. The predicted octanol–water partition coefficient (Wildman–Crippen LogP) is 4.49. The molecule has 6 heterocycles. The molecule has 8 rings (SSSR count). The van der Waals surface area contributed by atoms with Crippen molar-refractivity contribution in [3.05, 3.63) is 53.9 Å². The third-order valence-corrected chi connectivity index (χ3v) is 11.9. The molecular weight excluding hydrogens is 689 g/mol. The molecule has 1 atom stereocenters. The van der Waals surface area contributed by atoms with E-state index in [0.717, 1.165) is 45.6 Å². The van der Waals surface area contributed by atoms with E-state index in [-0.39, 0.29) is 24.5 Å². The molecule has 2 fully saturated rings. The molecule has 2 N–H and O–H groups in total. The predicted molar refractivity (Wildman–Crippen MR) is 197 cm³/mol. The van der Waals surface area contributed by atoms with Crippen molar-refractivity contribution < 1.29 is 19.1 Å². The van der Waals surface area contributed by atoms with Gasteiger partial charge >= 0.3 is 0 Å². The monoisotopic (exact) mass is 726 g/mol. The fourth-order valence-corrected chi connectivity index (χ4v) is 8.25. The Morgan fingerprint density at radius 3 is 2.80 bits per heavy atom. The van der Waals surface area contributed by atoms with Crippen LogP contribution in [0.3, 0.4) is 0 Å². The molecule has 2 aliphatic heterocycles. The number of hydrogen-bond donors (Lipinski definition) is 2. The number of nitrogens with zero attached hydrogens (tertiary/aromatic N) is 8. The quantitative estimate of drug-likeness (QED) is 0.198. The maximum atomic E-state index is 13.9. The van der Waals surface area contributed by atoms with Crippen LogP contribution in [0.25, 0.3) is 38.6 Å². The number of rotatable bonds is 11. The highest BCUT2D eigenvalue weighted by Crippen LogP contribution is 2.38. The first-order chi connectivity index (χ1) is 24.8. The number of thiazole rings is 1. The summed E-state index contributed by atoms with van der Waals surface area (Å²) in [5.41, 5.74) is 3.92. The second-order valence-electron chi connectivity index (χ2n) is 13.1. The summed E-state index contributed by atoms with van der Waals surface area (Å²) in [6.45, 7) is 2.59. The van der Waals surface area contributed by atoms with Gasteiger partial charge in [-0.15, -0.1) is 23.1 Å². The summed E-state index contributed by atoms with van der Waals surface area (Å²) in [6, 6.07) is 9.42. The van der Waals surface area contributed by atoms with Crippen molar-refractivity contribution in [3.63, 3.8) is 0 Å². The van der Waals surface area contributed by atoms with Gasteiger partial charge in [0.1, 0.15) is 21.8 Å². The number of H-pyrrole nitrogens is 1. The minimum atomic E-state index is -0.680. The molecule has 5 aromatic rings. The normalized spacial score (nSPS) is 19.4. The van der Waals surface area contributed by atoms with Crippen LogP contribution >= 0.6 is 23.1 Å². The fraction of sp³-hybridized carbons (Fsp3) is 0.400. The summed E-state index contributed by atoms with van der Waals surface area (Å²) >= 11 is 3.10. The van der Waals surface area contributed by atoms with Gasteiger partial charge in [0.05, 0.1) is 35.8 Å². The van der Waals surface area contributed by atoms with Crippen molar-refractivity contribution in [2.24, 2.45) is 7.05 Å². The highest BCUT2D eigenvalue weighted by Gasteiger charge is 2.45. The van der Waals surface area contributed by atoms with Crippen LogP contribution in [0.4, 0.5) is 5.69 Å². The third-order valence-electron chi connectivity index (χ3n) is 9.54. The Morgan fingerprint density at radius 1 is 1.18 bits per heavy atom. The largest absolute Gasteiger partial charge is 0.485 e. The third kappa shape index (κ3) is 6.82. The molecule has 1 saturated carbocycles. The van der Waals surface area contributed by atoms with Gasteiger partial charge in [0, 0.05) is 50.5 Å². The van der Waals surface area contributed by atoms with Crippen molar-refractivity contribution in [1.82, 2.24) is 44.7 Å². The van der Waals surface area contributed by atoms with Crippen LogP contribution in [0.1, 0.15) is 30.7 Å². The summed E-state index contributed by atoms with van der Waals surface area (Å²) in [7, 11) is 3.42. The molecule has 14 nitrogen and oxygen atoms in total. The van der Waals surface area contributed by atoms with Gasteiger partial charge in [0.2, 0.25) is 11.8 Å².